The van der Waals surface area contributed by atoms with Gasteiger partial charge >= 0.3 is 0 Å². The molecular formula is C10H14Cl2FN3O. The standard InChI is InChI=1S/C10H12FN3O.2ClH/c11-7-1-2-8(13-5-7)6-14-9(15)10(12)3-4-10;;/h1-2,5H,3-4,6,12H2,(H,14,15);2*1H. The van der Waals surface area contributed by atoms with Crippen LogP contribution in [0.3, 0.4) is 0 Å². The molecule has 7 heteroatoms. The molecule has 0 aromatic carbocycles. The van der Waals surface area contributed by atoms with E-state index in [0.29, 0.717) is 5.69 Å². The van der Waals surface area contributed by atoms with Crippen molar-refractivity contribution in [3.63, 3.8) is 0 Å². The number of nitrogens with zero attached hydrogens (tertiary/aromatic N) is 1. The summed E-state index contributed by atoms with van der Waals surface area (Å²) in [6.45, 7) is 0.290. The summed E-state index contributed by atoms with van der Waals surface area (Å²) in [6, 6.07) is 2.84. The van der Waals surface area contributed by atoms with Crippen LogP contribution in [0.4, 0.5) is 4.39 Å². The largest absolute Gasteiger partial charge is 0.349 e. The van der Waals surface area contributed by atoms with Crippen LogP contribution in [0.2, 0.25) is 0 Å². The first-order valence-electron chi connectivity index (χ1n) is 4.78. The Morgan fingerprint density at radius 2 is 2.12 bits per heavy atom. The molecule has 1 heterocycles. The average molecular weight is 282 g/mol. The zero-order chi connectivity index (χ0) is 10.9. The number of rotatable bonds is 3. The van der Waals surface area contributed by atoms with E-state index in [9.17, 15) is 9.18 Å². The Hall–Kier alpha value is -0.910. The van der Waals surface area contributed by atoms with Crippen LogP contribution in [-0.4, -0.2) is 16.4 Å². The van der Waals surface area contributed by atoms with Gasteiger partial charge in [-0.15, -0.1) is 24.8 Å². The van der Waals surface area contributed by atoms with Crippen molar-refractivity contribution in [1.29, 1.82) is 0 Å². The maximum absolute atomic E-state index is 12.5. The van der Waals surface area contributed by atoms with Gasteiger partial charge in [0.15, 0.2) is 0 Å². The molecule has 17 heavy (non-hydrogen) atoms. The Morgan fingerprint density at radius 1 is 1.47 bits per heavy atom. The predicted octanol–water partition coefficient (Wildman–Crippen LogP) is 1.17. The number of nitrogens with one attached hydrogen (secondary N) is 1. The number of nitrogens with two attached hydrogens (primary N) is 1. The highest BCUT2D eigenvalue weighted by atomic mass is 35.5. The highest BCUT2D eigenvalue weighted by Crippen LogP contribution is 2.32. The van der Waals surface area contributed by atoms with E-state index < -0.39 is 5.54 Å². The van der Waals surface area contributed by atoms with Gasteiger partial charge in [-0.1, -0.05) is 0 Å². The normalized spacial score (nSPS) is 15.2. The molecule has 2 rings (SSSR count). The third-order valence-corrected chi connectivity index (χ3v) is 2.46. The van der Waals surface area contributed by atoms with Gasteiger partial charge in [0, 0.05) is 0 Å². The van der Waals surface area contributed by atoms with Crippen molar-refractivity contribution in [2.75, 3.05) is 0 Å². The number of carbonyl (C=O) groups is 1. The summed E-state index contributed by atoms with van der Waals surface area (Å²) in [6.07, 6.45) is 2.59. The van der Waals surface area contributed by atoms with Crippen molar-refractivity contribution in [2.24, 2.45) is 5.73 Å². The summed E-state index contributed by atoms with van der Waals surface area (Å²) in [5.41, 5.74) is 5.64. The maximum Gasteiger partial charge on any atom is 0.240 e. The first-order valence-corrected chi connectivity index (χ1v) is 4.78. The minimum atomic E-state index is -0.667. The number of aromatic nitrogens is 1. The molecule has 1 saturated carbocycles. The Bertz CT molecular complexity index is 382. The summed E-state index contributed by atoms with van der Waals surface area (Å²) in [7, 11) is 0. The second-order valence-corrected chi connectivity index (χ2v) is 3.81. The van der Waals surface area contributed by atoms with Crippen LogP contribution >= 0.6 is 24.8 Å². The van der Waals surface area contributed by atoms with Gasteiger partial charge in [0.25, 0.3) is 0 Å². The fourth-order valence-corrected chi connectivity index (χ4v) is 1.22. The molecule has 1 aromatic rings. The minimum absolute atomic E-state index is 0. The summed E-state index contributed by atoms with van der Waals surface area (Å²) in [4.78, 5) is 15.3. The Balaban J connectivity index is 0.00000128. The molecule has 0 unspecified atom stereocenters. The fourth-order valence-electron chi connectivity index (χ4n) is 1.22. The number of hydrogen-bond donors (Lipinski definition) is 2. The lowest BCUT2D eigenvalue weighted by Crippen LogP contribution is -2.42. The van der Waals surface area contributed by atoms with E-state index in [4.69, 9.17) is 5.73 Å². The van der Waals surface area contributed by atoms with Crippen LogP contribution in [0.25, 0.3) is 0 Å². The summed E-state index contributed by atoms with van der Waals surface area (Å²) in [5, 5.41) is 2.67. The van der Waals surface area contributed by atoms with Gasteiger partial charge in [0.1, 0.15) is 5.82 Å². The quantitative estimate of drug-likeness (QED) is 0.874. The fraction of sp³-hybridized carbons (Fsp3) is 0.400. The molecule has 1 aromatic heterocycles. The molecule has 0 aliphatic heterocycles. The third-order valence-electron chi connectivity index (χ3n) is 2.46. The first-order chi connectivity index (χ1) is 7.10. The molecule has 0 bridgehead atoms. The third kappa shape index (κ3) is 4.11. The molecule has 0 atom stereocenters. The van der Waals surface area contributed by atoms with Crippen LogP contribution in [0.5, 0.6) is 0 Å². The van der Waals surface area contributed by atoms with Crippen LogP contribution in [0.15, 0.2) is 18.3 Å². The predicted molar refractivity (Wildman–Crippen MR) is 66.7 cm³/mol. The lowest BCUT2D eigenvalue weighted by atomic mass is 10.2. The summed E-state index contributed by atoms with van der Waals surface area (Å²) < 4.78 is 12.5. The van der Waals surface area contributed by atoms with Crippen molar-refractivity contribution in [2.45, 2.75) is 24.9 Å². The molecule has 1 aliphatic rings. The van der Waals surface area contributed by atoms with E-state index in [1.165, 1.54) is 12.1 Å². The smallest absolute Gasteiger partial charge is 0.240 e. The van der Waals surface area contributed by atoms with Gasteiger partial charge < -0.3 is 11.1 Å². The van der Waals surface area contributed by atoms with E-state index in [-0.39, 0.29) is 43.1 Å². The summed E-state index contributed by atoms with van der Waals surface area (Å²) >= 11 is 0. The molecular weight excluding hydrogens is 268 g/mol. The Morgan fingerprint density at radius 3 is 2.59 bits per heavy atom. The Labute approximate surface area is 111 Å². The number of carbonyl (C=O) groups excluding carboxylic acids is 1. The lowest BCUT2D eigenvalue weighted by Gasteiger charge is -2.09. The number of pyridine rings is 1. The molecule has 96 valence electrons. The van der Waals surface area contributed by atoms with E-state index in [2.05, 4.69) is 10.3 Å². The van der Waals surface area contributed by atoms with Crippen LogP contribution in [0, 0.1) is 5.82 Å². The minimum Gasteiger partial charge on any atom is -0.349 e. The molecule has 0 radical (unpaired) electrons. The number of hydrogen-bond acceptors (Lipinski definition) is 3. The van der Waals surface area contributed by atoms with Gasteiger partial charge in [-0.05, 0) is 25.0 Å². The van der Waals surface area contributed by atoms with E-state index in [1.807, 2.05) is 0 Å². The van der Waals surface area contributed by atoms with Gasteiger partial charge in [-0.2, -0.15) is 0 Å². The van der Waals surface area contributed by atoms with Gasteiger partial charge in [-0.3, -0.25) is 9.78 Å². The van der Waals surface area contributed by atoms with Gasteiger partial charge in [0.2, 0.25) is 5.91 Å². The van der Waals surface area contributed by atoms with E-state index in [1.54, 1.807) is 0 Å². The van der Waals surface area contributed by atoms with Crippen molar-refractivity contribution in [1.82, 2.24) is 10.3 Å². The van der Waals surface area contributed by atoms with Gasteiger partial charge in [0.05, 0.1) is 24.0 Å². The van der Waals surface area contributed by atoms with Crippen LogP contribution in [-0.2, 0) is 11.3 Å². The molecule has 1 fully saturated rings. The summed E-state index contributed by atoms with van der Waals surface area (Å²) in [5.74, 6) is -0.545. The van der Waals surface area contributed by atoms with E-state index >= 15 is 0 Å². The molecule has 3 N–H and O–H groups in total. The highest BCUT2D eigenvalue weighted by molar-refractivity contribution is 5.88. The second-order valence-electron chi connectivity index (χ2n) is 3.81. The molecule has 1 aliphatic carbocycles. The van der Waals surface area contributed by atoms with Crippen molar-refractivity contribution < 1.29 is 9.18 Å². The molecule has 0 spiro atoms. The first kappa shape index (κ1) is 16.1. The van der Waals surface area contributed by atoms with Crippen molar-refractivity contribution >= 4 is 30.7 Å². The van der Waals surface area contributed by atoms with Crippen LogP contribution < -0.4 is 11.1 Å². The molecule has 0 saturated heterocycles. The number of amides is 1. The second kappa shape index (κ2) is 6.14. The highest BCUT2D eigenvalue weighted by Gasteiger charge is 2.45. The zero-order valence-electron chi connectivity index (χ0n) is 8.98. The van der Waals surface area contributed by atoms with Gasteiger partial charge in [-0.25, -0.2) is 4.39 Å². The zero-order valence-corrected chi connectivity index (χ0v) is 10.6. The van der Waals surface area contributed by atoms with Crippen LogP contribution in [0.1, 0.15) is 18.5 Å². The molecule has 1 amide bonds. The maximum atomic E-state index is 12.5. The number of halogens is 3. The van der Waals surface area contributed by atoms with Crippen molar-refractivity contribution in [3.8, 4) is 0 Å². The monoisotopic (exact) mass is 281 g/mol. The van der Waals surface area contributed by atoms with Crippen molar-refractivity contribution in [3.05, 3.63) is 29.8 Å². The average Bonchev–Trinajstić information content (AvgIpc) is 2.97. The lowest BCUT2D eigenvalue weighted by molar-refractivity contribution is -0.123. The Kier molecular flexibility index (Phi) is 5.81. The topological polar surface area (TPSA) is 68.0 Å². The SMILES string of the molecule is Cl.Cl.NC1(C(=O)NCc2ccc(F)cn2)CC1. The molecule has 4 nitrogen and oxygen atoms in total. The van der Waals surface area contributed by atoms with E-state index in [0.717, 1.165) is 19.0 Å².